The lowest BCUT2D eigenvalue weighted by molar-refractivity contribution is -0.117. The first-order chi connectivity index (χ1) is 20.9. The predicted molar refractivity (Wildman–Crippen MR) is 165 cm³/mol. The quantitative estimate of drug-likeness (QED) is 0.243. The zero-order chi connectivity index (χ0) is 29.8. The molecule has 1 amide bonds. The van der Waals surface area contributed by atoms with E-state index in [4.69, 9.17) is 9.72 Å². The number of imidazole rings is 1. The average Bonchev–Trinajstić information content (AvgIpc) is 3.33. The lowest BCUT2D eigenvalue weighted by Crippen LogP contribution is -2.48. The SMILES string of the molecule is CCN1CCN(CC(=O)Nc2cc(Oc3ccc4c(c3)nc(Nc3cc(-c5ccncc5)ccc3F)n4C)ccn2)CC1. The lowest BCUT2D eigenvalue weighted by Gasteiger charge is -2.33. The number of carbonyl (C=O) groups excluding carboxylic acids is 1. The summed E-state index contributed by atoms with van der Waals surface area (Å²) < 4.78 is 22.7. The molecule has 0 radical (unpaired) electrons. The van der Waals surface area contributed by atoms with Gasteiger partial charge in [0.05, 0.1) is 23.3 Å². The summed E-state index contributed by atoms with van der Waals surface area (Å²) >= 11 is 0. The van der Waals surface area contributed by atoms with E-state index in [1.807, 2.05) is 41.9 Å². The van der Waals surface area contributed by atoms with Crippen LogP contribution in [0.1, 0.15) is 6.92 Å². The van der Waals surface area contributed by atoms with Crippen LogP contribution in [0.5, 0.6) is 11.5 Å². The van der Waals surface area contributed by atoms with E-state index in [0.29, 0.717) is 41.0 Å². The summed E-state index contributed by atoms with van der Waals surface area (Å²) in [6.45, 7) is 7.20. The van der Waals surface area contributed by atoms with E-state index in [1.165, 1.54) is 6.07 Å². The molecule has 1 aliphatic rings. The Balaban J connectivity index is 1.13. The third-order valence-electron chi connectivity index (χ3n) is 7.59. The third kappa shape index (κ3) is 6.63. The highest BCUT2D eigenvalue weighted by atomic mass is 19.1. The van der Waals surface area contributed by atoms with Crippen LogP contribution >= 0.6 is 0 Å². The van der Waals surface area contributed by atoms with E-state index in [2.05, 4.69) is 37.3 Å². The number of pyridine rings is 2. The molecule has 43 heavy (non-hydrogen) atoms. The summed E-state index contributed by atoms with van der Waals surface area (Å²) in [5.41, 5.74) is 3.65. The minimum Gasteiger partial charge on any atom is -0.457 e. The molecule has 10 nitrogen and oxygen atoms in total. The number of likely N-dealkylation sites (N-methyl/N-ethyl adjacent to an activating group) is 1. The van der Waals surface area contributed by atoms with Crippen LogP contribution in [0.3, 0.4) is 0 Å². The van der Waals surface area contributed by atoms with Crippen LogP contribution in [0.4, 0.5) is 21.8 Å². The molecular weight excluding hydrogens is 547 g/mol. The van der Waals surface area contributed by atoms with Crippen molar-refractivity contribution >= 4 is 34.4 Å². The number of amides is 1. The summed E-state index contributed by atoms with van der Waals surface area (Å²) in [5.74, 6) is 1.53. The van der Waals surface area contributed by atoms with Crippen LogP contribution in [0.25, 0.3) is 22.2 Å². The number of piperazine rings is 1. The molecule has 2 aromatic carbocycles. The van der Waals surface area contributed by atoms with Crippen LogP contribution in [0, 0.1) is 5.82 Å². The first-order valence-electron chi connectivity index (χ1n) is 14.3. The maximum atomic E-state index is 14.8. The lowest BCUT2D eigenvalue weighted by atomic mass is 10.1. The van der Waals surface area contributed by atoms with Gasteiger partial charge in [-0.25, -0.2) is 14.4 Å². The van der Waals surface area contributed by atoms with Crippen LogP contribution in [0.2, 0.25) is 0 Å². The highest BCUT2D eigenvalue weighted by Crippen LogP contribution is 2.31. The third-order valence-corrected chi connectivity index (χ3v) is 7.59. The van der Waals surface area contributed by atoms with Gasteiger partial charge in [-0.05, 0) is 60.1 Å². The predicted octanol–water partition coefficient (Wildman–Crippen LogP) is 5.28. The number of carbonyl (C=O) groups is 1. The zero-order valence-electron chi connectivity index (χ0n) is 24.1. The van der Waals surface area contributed by atoms with Crippen LogP contribution in [0.15, 0.2) is 79.3 Å². The Morgan fingerprint density at radius 3 is 2.47 bits per heavy atom. The number of benzene rings is 2. The summed E-state index contributed by atoms with van der Waals surface area (Å²) in [6.07, 6.45) is 5.01. The molecule has 1 saturated heterocycles. The minimum atomic E-state index is -0.381. The number of rotatable bonds is 9. The van der Waals surface area contributed by atoms with E-state index < -0.39 is 0 Å². The van der Waals surface area contributed by atoms with Gasteiger partial charge in [0.15, 0.2) is 0 Å². The average molecular weight is 581 g/mol. The molecule has 4 heterocycles. The van der Waals surface area contributed by atoms with Crippen molar-refractivity contribution in [1.29, 1.82) is 0 Å². The van der Waals surface area contributed by atoms with Gasteiger partial charge >= 0.3 is 0 Å². The molecule has 2 N–H and O–H groups in total. The summed E-state index contributed by atoms with van der Waals surface area (Å²) in [4.78, 5) is 30.2. The molecule has 1 fully saturated rings. The second-order valence-electron chi connectivity index (χ2n) is 10.4. The Kier molecular flexibility index (Phi) is 8.25. The Bertz CT molecular complexity index is 1730. The molecule has 6 rings (SSSR count). The maximum Gasteiger partial charge on any atom is 0.239 e. The van der Waals surface area contributed by atoms with Gasteiger partial charge in [-0.15, -0.1) is 0 Å². The number of anilines is 3. The fourth-order valence-corrected chi connectivity index (χ4v) is 5.15. The summed E-state index contributed by atoms with van der Waals surface area (Å²) in [7, 11) is 1.87. The molecular formula is C32H33FN8O2. The molecule has 0 saturated carbocycles. The monoisotopic (exact) mass is 580 g/mol. The van der Waals surface area contributed by atoms with Gasteiger partial charge in [-0.1, -0.05) is 13.0 Å². The van der Waals surface area contributed by atoms with E-state index in [1.54, 1.807) is 42.9 Å². The smallest absolute Gasteiger partial charge is 0.239 e. The largest absolute Gasteiger partial charge is 0.457 e. The number of ether oxygens (including phenoxy) is 1. The molecule has 5 aromatic rings. The normalized spacial score (nSPS) is 14.1. The Labute approximate surface area is 249 Å². The second-order valence-corrected chi connectivity index (χ2v) is 10.4. The topological polar surface area (TPSA) is 100 Å². The van der Waals surface area contributed by atoms with Gasteiger partial charge in [0.2, 0.25) is 11.9 Å². The molecule has 220 valence electrons. The molecule has 0 spiro atoms. The van der Waals surface area contributed by atoms with E-state index in [0.717, 1.165) is 49.4 Å². The molecule has 3 aromatic heterocycles. The first-order valence-corrected chi connectivity index (χ1v) is 14.3. The number of fused-ring (bicyclic) bond motifs is 1. The van der Waals surface area contributed by atoms with E-state index >= 15 is 0 Å². The van der Waals surface area contributed by atoms with E-state index in [9.17, 15) is 9.18 Å². The highest BCUT2D eigenvalue weighted by Gasteiger charge is 2.18. The maximum absolute atomic E-state index is 14.8. The van der Waals surface area contributed by atoms with Crippen molar-refractivity contribution in [3.63, 3.8) is 0 Å². The highest BCUT2D eigenvalue weighted by molar-refractivity contribution is 5.91. The fraction of sp³-hybridized carbons (Fsp3) is 0.250. The number of aryl methyl sites for hydroxylation is 1. The van der Waals surface area contributed by atoms with E-state index in [-0.39, 0.29) is 11.7 Å². The van der Waals surface area contributed by atoms with Gasteiger partial charge < -0.3 is 24.8 Å². The minimum absolute atomic E-state index is 0.104. The van der Waals surface area contributed by atoms with Gasteiger partial charge in [0.25, 0.3) is 0 Å². The first kappa shape index (κ1) is 28.3. The number of halogens is 1. The Morgan fingerprint density at radius 1 is 0.907 bits per heavy atom. The van der Waals surface area contributed by atoms with Crippen molar-refractivity contribution in [3.8, 4) is 22.6 Å². The van der Waals surface area contributed by atoms with Crippen LogP contribution in [-0.4, -0.2) is 74.5 Å². The van der Waals surface area contributed by atoms with Crippen LogP contribution in [-0.2, 0) is 11.8 Å². The number of aromatic nitrogens is 4. The molecule has 0 unspecified atom stereocenters. The van der Waals surface area contributed by atoms with Crippen molar-refractivity contribution in [2.24, 2.45) is 7.05 Å². The van der Waals surface area contributed by atoms with Gasteiger partial charge in [0.1, 0.15) is 23.1 Å². The van der Waals surface area contributed by atoms with Crippen molar-refractivity contribution in [2.45, 2.75) is 6.92 Å². The summed E-state index contributed by atoms with van der Waals surface area (Å²) in [5, 5.41) is 6.02. The second kappa shape index (κ2) is 12.6. The number of nitrogens with one attached hydrogen (secondary N) is 2. The molecule has 11 heteroatoms. The number of hydrogen-bond acceptors (Lipinski definition) is 8. The van der Waals surface area contributed by atoms with Gasteiger partial charge in [-0.3, -0.25) is 14.7 Å². The van der Waals surface area contributed by atoms with Gasteiger partial charge in [0, 0.05) is 63.9 Å². The fourth-order valence-electron chi connectivity index (χ4n) is 5.15. The van der Waals surface area contributed by atoms with Crippen molar-refractivity contribution in [3.05, 3.63) is 85.1 Å². The molecule has 0 atom stereocenters. The number of hydrogen-bond donors (Lipinski definition) is 2. The Hall–Kier alpha value is -4.87. The van der Waals surface area contributed by atoms with Gasteiger partial charge in [-0.2, -0.15) is 0 Å². The zero-order valence-corrected chi connectivity index (χ0v) is 24.1. The summed E-state index contributed by atoms with van der Waals surface area (Å²) in [6, 6.07) is 17.7. The standard InChI is InChI=1S/C32H33FN8O2/c1-3-40-14-16-41(17-15-40)21-31(42)38-30-20-25(10-13-35-30)43-24-5-7-29-28(19-24)37-32(39(29)2)36-27-18-23(4-6-26(27)33)22-8-11-34-12-9-22/h4-13,18-20H,3,14-17,21H2,1-2H3,(H,36,37)(H,35,38,42). The van der Waals surface area contributed by atoms with Crippen molar-refractivity contribution in [2.75, 3.05) is 49.9 Å². The molecule has 0 bridgehead atoms. The molecule has 0 aliphatic carbocycles. The molecule has 1 aliphatic heterocycles. The number of nitrogens with zero attached hydrogens (tertiary/aromatic N) is 6. The Morgan fingerprint density at radius 2 is 1.67 bits per heavy atom. The van der Waals surface area contributed by atoms with Crippen molar-refractivity contribution < 1.29 is 13.9 Å². The van der Waals surface area contributed by atoms with Crippen LogP contribution < -0.4 is 15.4 Å². The van der Waals surface area contributed by atoms with Crippen molar-refractivity contribution in [1.82, 2.24) is 29.3 Å².